The van der Waals surface area contributed by atoms with Gasteiger partial charge in [0.25, 0.3) is 0 Å². The van der Waals surface area contributed by atoms with E-state index in [-0.39, 0.29) is 17.8 Å². The summed E-state index contributed by atoms with van der Waals surface area (Å²) in [5.41, 5.74) is 1.93. The van der Waals surface area contributed by atoms with E-state index in [1.807, 2.05) is 45.0 Å². The Labute approximate surface area is 128 Å². The number of carbonyl (C=O) groups is 1. The van der Waals surface area contributed by atoms with E-state index in [1.165, 1.54) is 11.8 Å². The van der Waals surface area contributed by atoms with Crippen molar-refractivity contribution < 1.29 is 14.3 Å². The molecule has 0 aliphatic heterocycles. The van der Waals surface area contributed by atoms with Crippen LogP contribution in [-0.2, 0) is 9.53 Å². The number of carbonyl (C=O) groups excluding carboxylic acids is 1. The van der Waals surface area contributed by atoms with E-state index in [4.69, 9.17) is 9.47 Å². The smallest absolute Gasteiger partial charge is 0.316 e. The molecule has 0 atom stereocenters. The zero-order valence-electron chi connectivity index (χ0n) is 12.7. The number of para-hydroxylation sites is 1. The fraction of sp³-hybridized carbons (Fsp3) is 0.375. The molecule has 0 N–H and O–H groups in total. The largest absolute Gasteiger partial charge is 0.494 e. The Hall–Kier alpha value is -1.75. The normalized spacial score (nSPS) is 10.9. The number of hydrogen-bond acceptors (Lipinski definition) is 5. The molecular formula is C16H19NO3S. The van der Waals surface area contributed by atoms with Crippen LogP contribution >= 0.6 is 11.8 Å². The number of nitrogens with zero attached hydrogens (tertiary/aromatic N) is 1. The maximum atomic E-state index is 11.6. The van der Waals surface area contributed by atoms with Crippen LogP contribution in [0.2, 0.25) is 0 Å². The zero-order valence-corrected chi connectivity index (χ0v) is 13.5. The topological polar surface area (TPSA) is 48.4 Å². The Bertz CT molecular complexity index is 655. The van der Waals surface area contributed by atoms with Gasteiger partial charge < -0.3 is 9.47 Å². The summed E-state index contributed by atoms with van der Waals surface area (Å²) in [6, 6.07) is 7.83. The number of methoxy groups -OCH3 is 1. The van der Waals surface area contributed by atoms with Crippen LogP contribution in [0.15, 0.2) is 29.3 Å². The van der Waals surface area contributed by atoms with Crippen molar-refractivity contribution in [1.29, 1.82) is 0 Å². The van der Waals surface area contributed by atoms with Crippen molar-refractivity contribution in [3.8, 4) is 5.75 Å². The van der Waals surface area contributed by atoms with E-state index in [1.54, 1.807) is 7.11 Å². The lowest BCUT2D eigenvalue weighted by Gasteiger charge is -2.10. The number of rotatable bonds is 5. The summed E-state index contributed by atoms with van der Waals surface area (Å²) in [6.45, 7) is 5.71. The molecule has 0 aliphatic rings. The fourth-order valence-corrected chi connectivity index (χ4v) is 2.78. The van der Waals surface area contributed by atoms with Gasteiger partial charge in [-0.15, -0.1) is 0 Å². The van der Waals surface area contributed by atoms with Gasteiger partial charge in [-0.2, -0.15) is 0 Å². The number of ether oxygens (including phenoxy) is 2. The number of aromatic nitrogens is 1. The molecule has 5 heteroatoms. The number of hydrogen-bond donors (Lipinski definition) is 0. The highest BCUT2D eigenvalue weighted by molar-refractivity contribution is 7.99. The Morgan fingerprint density at radius 3 is 2.81 bits per heavy atom. The summed E-state index contributed by atoms with van der Waals surface area (Å²) in [4.78, 5) is 16.2. The van der Waals surface area contributed by atoms with Crippen molar-refractivity contribution in [1.82, 2.24) is 4.98 Å². The maximum absolute atomic E-state index is 11.6. The number of esters is 1. The molecule has 0 unspecified atom stereocenters. The molecule has 0 saturated heterocycles. The third-order valence-corrected chi connectivity index (χ3v) is 3.80. The summed E-state index contributed by atoms with van der Waals surface area (Å²) in [6.07, 6.45) is -0.0931. The average Bonchev–Trinajstić information content (AvgIpc) is 2.44. The molecule has 2 rings (SSSR count). The molecule has 0 fully saturated rings. The number of pyridine rings is 1. The molecule has 21 heavy (non-hydrogen) atoms. The van der Waals surface area contributed by atoms with Gasteiger partial charge >= 0.3 is 5.97 Å². The van der Waals surface area contributed by atoms with E-state index >= 15 is 0 Å². The predicted molar refractivity (Wildman–Crippen MR) is 85.0 cm³/mol. The number of thioether (sulfide) groups is 1. The van der Waals surface area contributed by atoms with Crippen LogP contribution in [0, 0.1) is 6.92 Å². The third kappa shape index (κ3) is 3.88. The van der Waals surface area contributed by atoms with E-state index in [0.717, 1.165) is 27.2 Å². The van der Waals surface area contributed by atoms with E-state index in [9.17, 15) is 4.79 Å². The SMILES string of the molecule is COc1cccc2c(C)cc(SCC(=O)OC(C)C)nc12. The van der Waals surface area contributed by atoms with Crippen LogP contribution in [0.4, 0.5) is 0 Å². The molecule has 0 bridgehead atoms. The van der Waals surface area contributed by atoms with Gasteiger partial charge in [-0.1, -0.05) is 23.9 Å². The lowest BCUT2D eigenvalue weighted by molar-refractivity contribution is -0.144. The molecular weight excluding hydrogens is 286 g/mol. The molecule has 1 aromatic heterocycles. The van der Waals surface area contributed by atoms with E-state index < -0.39 is 0 Å². The summed E-state index contributed by atoms with van der Waals surface area (Å²) >= 11 is 1.38. The summed E-state index contributed by atoms with van der Waals surface area (Å²) in [5.74, 6) is 0.767. The minimum Gasteiger partial charge on any atom is -0.494 e. The monoisotopic (exact) mass is 305 g/mol. The van der Waals surface area contributed by atoms with Gasteiger partial charge in [0.1, 0.15) is 11.3 Å². The molecule has 0 amide bonds. The first-order chi connectivity index (χ1) is 10.0. The van der Waals surface area contributed by atoms with E-state index in [2.05, 4.69) is 4.98 Å². The molecule has 1 aromatic carbocycles. The molecule has 0 spiro atoms. The average molecular weight is 305 g/mol. The molecule has 0 aliphatic carbocycles. The summed E-state index contributed by atoms with van der Waals surface area (Å²) in [7, 11) is 1.63. The quantitative estimate of drug-likeness (QED) is 0.624. The lowest BCUT2D eigenvalue weighted by Crippen LogP contribution is -2.13. The second-order valence-electron chi connectivity index (χ2n) is 4.96. The van der Waals surface area contributed by atoms with Gasteiger partial charge in [0.15, 0.2) is 0 Å². The molecule has 2 aromatic rings. The Kier molecular flexibility index (Phi) is 5.07. The summed E-state index contributed by atoms with van der Waals surface area (Å²) < 4.78 is 10.5. The highest BCUT2D eigenvalue weighted by atomic mass is 32.2. The van der Waals surface area contributed by atoms with Crippen LogP contribution in [0.5, 0.6) is 5.75 Å². The van der Waals surface area contributed by atoms with Gasteiger partial charge in [0.05, 0.1) is 24.0 Å². The fourth-order valence-electron chi connectivity index (χ4n) is 2.03. The third-order valence-electron chi connectivity index (χ3n) is 2.91. The lowest BCUT2D eigenvalue weighted by atomic mass is 10.1. The molecule has 1 heterocycles. The number of aryl methyl sites for hydroxylation is 1. The van der Waals surface area contributed by atoms with Crippen molar-refractivity contribution in [3.63, 3.8) is 0 Å². The Balaban J connectivity index is 2.23. The van der Waals surface area contributed by atoms with Crippen LogP contribution in [-0.4, -0.2) is 29.9 Å². The van der Waals surface area contributed by atoms with Crippen LogP contribution in [0.1, 0.15) is 19.4 Å². The van der Waals surface area contributed by atoms with Gasteiger partial charge in [0.2, 0.25) is 0 Å². The Morgan fingerprint density at radius 2 is 2.14 bits per heavy atom. The predicted octanol–water partition coefficient (Wildman–Crippen LogP) is 3.60. The van der Waals surface area contributed by atoms with Crippen molar-refractivity contribution >= 4 is 28.6 Å². The van der Waals surface area contributed by atoms with Crippen LogP contribution in [0.3, 0.4) is 0 Å². The molecule has 0 radical (unpaired) electrons. The molecule has 4 nitrogen and oxygen atoms in total. The first kappa shape index (κ1) is 15.6. The van der Waals surface area contributed by atoms with Crippen LogP contribution < -0.4 is 4.74 Å². The van der Waals surface area contributed by atoms with Crippen molar-refractivity contribution in [2.24, 2.45) is 0 Å². The van der Waals surface area contributed by atoms with Gasteiger partial charge in [-0.05, 0) is 38.5 Å². The highest BCUT2D eigenvalue weighted by Gasteiger charge is 2.11. The van der Waals surface area contributed by atoms with Gasteiger partial charge in [0, 0.05) is 5.39 Å². The molecule has 112 valence electrons. The zero-order chi connectivity index (χ0) is 15.4. The van der Waals surface area contributed by atoms with Gasteiger partial charge in [-0.3, -0.25) is 4.79 Å². The van der Waals surface area contributed by atoms with Crippen LogP contribution in [0.25, 0.3) is 10.9 Å². The maximum Gasteiger partial charge on any atom is 0.316 e. The van der Waals surface area contributed by atoms with Crippen molar-refractivity contribution in [2.75, 3.05) is 12.9 Å². The number of fused-ring (bicyclic) bond motifs is 1. The minimum atomic E-state index is -0.227. The Morgan fingerprint density at radius 1 is 1.38 bits per heavy atom. The van der Waals surface area contributed by atoms with Crippen molar-refractivity contribution in [2.45, 2.75) is 31.9 Å². The standard InChI is InChI=1S/C16H19NO3S/c1-10(2)20-15(18)9-21-14-8-11(3)12-6-5-7-13(19-4)16(12)17-14/h5-8,10H,9H2,1-4H3. The van der Waals surface area contributed by atoms with Crippen molar-refractivity contribution in [3.05, 3.63) is 29.8 Å². The molecule has 0 saturated carbocycles. The summed E-state index contributed by atoms with van der Waals surface area (Å²) in [5, 5.41) is 1.86. The number of benzene rings is 1. The van der Waals surface area contributed by atoms with Gasteiger partial charge in [-0.25, -0.2) is 4.98 Å². The second kappa shape index (κ2) is 6.80. The first-order valence-electron chi connectivity index (χ1n) is 6.78. The highest BCUT2D eigenvalue weighted by Crippen LogP contribution is 2.29. The minimum absolute atomic E-state index is 0.0931. The van der Waals surface area contributed by atoms with E-state index in [0.29, 0.717) is 0 Å². The first-order valence-corrected chi connectivity index (χ1v) is 7.76. The second-order valence-corrected chi connectivity index (χ2v) is 5.96.